The molecule has 0 aromatic carbocycles. The number of nitrogens with zero attached hydrogens (tertiary/aromatic N) is 1. The second kappa shape index (κ2) is 3.21. The van der Waals surface area contributed by atoms with Crippen LogP contribution in [0.15, 0.2) is 24.7 Å². The van der Waals surface area contributed by atoms with Crippen LogP contribution < -0.4 is 5.32 Å². The Morgan fingerprint density at radius 2 is 2.25 bits per heavy atom. The van der Waals surface area contributed by atoms with Crippen molar-refractivity contribution in [2.45, 2.75) is 20.3 Å². The molecule has 0 fully saturated rings. The van der Waals surface area contributed by atoms with Gasteiger partial charge in [0.2, 0.25) is 0 Å². The van der Waals surface area contributed by atoms with Gasteiger partial charge in [-0.25, -0.2) is 0 Å². The van der Waals surface area contributed by atoms with E-state index in [0.717, 1.165) is 13.0 Å². The molecule has 0 saturated heterocycles. The SMILES string of the molecule is C=C1N(C)/C=C\NCCC1(C)C. The van der Waals surface area contributed by atoms with E-state index in [4.69, 9.17) is 0 Å². The first kappa shape index (κ1) is 9.17. The van der Waals surface area contributed by atoms with Crippen LogP contribution in [0, 0.1) is 5.41 Å². The normalized spacial score (nSPS) is 25.6. The van der Waals surface area contributed by atoms with Crippen LogP contribution in [0.4, 0.5) is 0 Å². The largest absolute Gasteiger partial charge is 0.390 e. The highest BCUT2D eigenvalue weighted by Gasteiger charge is 2.23. The van der Waals surface area contributed by atoms with E-state index in [1.165, 1.54) is 5.70 Å². The van der Waals surface area contributed by atoms with E-state index < -0.39 is 0 Å². The molecule has 0 radical (unpaired) electrons. The van der Waals surface area contributed by atoms with Crippen molar-refractivity contribution in [3.8, 4) is 0 Å². The molecule has 0 spiro atoms. The number of rotatable bonds is 0. The molecule has 2 heteroatoms. The highest BCUT2D eigenvalue weighted by atomic mass is 15.1. The molecule has 1 rings (SSSR count). The van der Waals surface area contributed by atoms with Gasteiger partial charge in [-0.2, -0.15) is 0 Å². The van der Waals surface area contributed by atoms with Gasteiger partial charge in [0.1, 0.15) is 0 Å². The fraction of sp³-hybridized carbons (Fsp3) is 0.600. The predicted molar refractivity (Wildman–Crippen MR) is 52.4 cm³/mol. The van der Waals surface area contributed by atoms with E-state index in [0.29, 0.717) is 0 Å². The highest BCUT2D eigenvalue weighted by molar-refractivity contribution is 5.10. The monoisotopic (exact) mass is 166 g/mol. The van der Waals surface area contributed by atoms with E-state index in [-0.39, 0.29) is 5.41 Å². The molecule has 2 nitrogen and oxygen atoms in total. The van der Waals surface area contributed by atoms with Crippen molar-refractivity contribution in [2.24, 2.45) is 5.41 Å². The second-order valence-electron chi connectivity index (χ2n) is 3.96. The van der Waals surface area contributed by atoms with Crippen LogP contribution in [0.5, 0.6) is 0 Å². The first-order valence-electron chi connectivity index (χ1n) is 4.36. The van der Waals surface area contributed by atoms with Crippen molar-refractivity contribution >= 4 is 0 Å². The van der Waals surface area contributed by atoms with Gasteiger partial charge < -0.3 is 10.2 Å². The molecule has 12 heavy (non-hydrogen) atoms. The van der Waals surface area contributed by atoms with Crippen LogP contribution in [0.1, 0.15) is 20.3 Å². The molecule has 0 saturated carbocycles. The molecule has 0 aromatic rings. The first-order valence-corrected chi connectivity index (χ1v) is 4.36. The van der Waals surface area contributed by atoms with E-state index >= 15 is 0 Å². The summed E-state index contributed by atoms with van der Waals surface area (Å²) >= 11 is 0. The number of allylic oxidation sites excluding steroid dienone is 1. The highest BCUT2D eigenvalue weighted by Crippen LogP contribution is 2.31. The lowest BCUT2D eigenvalue weighted by molar-refractivity contribution is 0.315. The Kier molecular flexibility index (Phi) is 2.46. The number of hydrogen-bond acceptors (Lipinski definition) is 2. The van der Waals surface area contributed by atoms with Crippen LogP contribution in [0.3, 0.4) is 0 Å². The van der Waals surface area contributed by atoms with E-state index in [1.807, 2.05) is 19.4 Å². The molecular weight excluding hydrogens is 148 g/mol. The maximum atomic E-state index is 4.10. The van der Waals surface area contributed by atoms with Gasteiger partial charge in [-0.1, -0.05) is 20.4 Å². The van der Waals surface area contributed by atoms with Crippen LogP contribution >= 0.6 is 0 Å². The van der Waals surface area contributed by atoms with Crippen molar-refractivity contribution in [1.82, 2.24) is 10.2 Å². The molecule has 1 aliphatic rings. The molecule has 1 heterocycles. The summed E-state index contributed by atoms with van der Waals surface area (Å²) in [5.74, 6) is 0. The average Bonchev–Trinajstić information content (AvgIpc) is 2.00. The van der Waals surface area contributed by atoms with Gasteiger partial charge in [0.15, 0.2) is 0 Å². The summed E-state index contributed by atoms with van der Waals surface area (Å²) in [6, 6.07) is 0. The Labute approximate surface area is 74.9 Å². The summed E-state index contributed by atoms with van der Waals surface area (Å²) in [6.07, 6.45) is 5.12. The third-order valence-electron chi connectivity index (χ3n) is 2.52. The van der Waals surface area contributed by atoms with Crippen molar-refractivity contribution in [3.63, 3.8) is 0 Å². The summed E-state index contributed by atoms with van der Waals surface area (Å²) in [6.45, 7) is 9.58. The molecule has 0 aliphatic carbocycles. The molecule has 68 valence electrons. The van der Waals surface area contributed by atoms with Gasteiger partial charge in [0.25, 0.3) is 0 Å². The van der Waals surface area contributed by atoms with Gasteiger partial charge in [-0.15, -0.1) is 0 Å². The molecule has 0 bridgehead atoms. The fourth-order valence-electron chi connectivity index (χ4n) is 1.34. The molecule has 1 N–H and O–H groups in total. The summed E-state index contributed by atoms with van der Waals surface area (Å²) < 4.78 is 0. The molecule has 0 aromatic heterocycles. The van der Waals surface area contributed by atoms with Gasteiger partial charge in [-0.3, -0.25) is 0 Å². The fourth-order valence-corrected chi connectivity index (χ4v) is 1.34. The summed E-state index contributed by atoms with van der Waals surface area (Å²) in [5.41, 5.74) is 1.38. The minimum absolute atomic E-state index is 0.201. The van der Waals surface area contributed by atoms with Crippen LogP contribution in [-0.2, 0) is 0 Å². The Morgan fingerprint density at radius 1 is 1.58 bits per heavy atom. The third-order valence-corrected chi connectivity index (χ3v) is 2.52. The predicted octanol–water partition coefficient (Wildman–Crippen LogP) is 1.92. The zero-order valence-electron chi connectivity index (χ0n) is 8.22. The first-order chi connectivity index (χ1) is 5.54. The van der Waals surface area contributed by atoms with Crippen molar-refractivity contribution in [3.05, 3.63) is 24.7 Å². The van der Waals surface area contributed by atoms with Crippen molar-refractivity contribution in [1.29, 1.82) is 0 Å². The standard InChI is InChI=1S/C10H18N2/c1-9-10(2,3)5-6-11-7-8-12(9)4/h7-8,11H,1,5-6H2,2-4H3/b8-7-. The minimum Gasteiger partial charge on any atom is -0.390 e. The quantitative estimate of drug-likeness (QED) is 0.591. The molecule has 1 aliphatic heterocycles. The lowest BCUT2D eigenvalue weighted by Gasteiger charge is -2.34. The van der Waals surface area contributed by atoms with Crippen LogP contribution in [0.2, 0.25) is 0 Å². The zero-order chi connectivity index (χ0) is 9.19. The van der Waals surface area contributed by atoms with E-state index in [1.54, 1.807) is 0 Å². The minimum atomic E-state index is 0.201. The van der Waals surface area contributed by atoms with Gasteiger partial charge >= 0.3 is 0 Å². The Morgan fingerprint density at radius 3 is 2.92 bits per heavy atom. The second-order valence-corrected chi connectivity index (χ2v) is 3.96. The summed E-state index contributed by atoms with van der Waals surface area (Å²) in [7, 11) is 2.04. The van der Waals surface area contributed by atoms with Gasteiger partial charge in [-0.05, 0) is 6.42 Å². The molecule has 0 amide bonds. The van der Waals surface area contributed by atoms with E-state index in [9.17, 15) is 0 Å². The Balaban J connectivity index is 2.81. The van der Waals surface area contributed by atoms with Gasteiger partial charge in [0.05, 0.1) is 0 Å². The average molecular weight is 166 g/mol. The lowest BCUT2D eigenvalue weighted by Crippen LogP contribution is -2.30. The summed E-state index contributed by atoms with van der Waals surface area (Å²) in [5, 5.41) is 3.23. The summed E-state index contributed by atoms with van der Waals surface area (Å²) in [4.78, 5) is 2.08. The maximum Gasteiger partial charge on any atom is 0.0191 e. The number of nitrogens with one attached hydrogen (secondary N) is 1. The third kappa shape index (κ3) is 1.81. The molecule has 0 atom stereocenters. The number of hydrogen-bond donors (Lipinski definition) is 1. The van der Waals surface area contributed by atoms with Crippen LogP contribution in [-0.4, -0.2) is 18.5 Å². The van der Waals surface area contributed by atoms with Crippen LogP contribution in [0.25, 0.3) is 0 Å². The van der Waals surface area contributed by atoms with Crippen molar-refractivity contribution in [2.75, 3.05) is 13.6 Å². The van der Waals surface area contributed by atoms with E-state index in [2.05, 4.69) is 30.6 Å². The maximum absolute atomic E-state index is 4.10. The Hall–Kier alpha value is -0.920. The Bertz CT molecular complexity index is 204. The molecular formula is C10H18N2. The topological polar surface area (TPSA) is 15.3 Å². The van der Waals surface area contributed by atoms with Crippen molar-refractivity contribution < 1.29 is 0 Å². The smallest absolute Gasteiger partial charge is 0.0191 e. The zero-order valence-corrected chi connectivity index (χ0v) is 8.22. The van der Waals surface area contributed by atoms with Gasteiger partial charge in [0, 0.05) is 37.1 Å². The molecule has 0 unspecified atom stereocenters. The lowest BCUT2D eigenvalue weighted by atomic mass is 9.85.